The van der Waals surface area contributed by atoms with Gasteiger partial charge in [-0.2, -0.15) is 10.4 Å². The number of nitrogens with zero attached hydrogens (tertiary/aromatic N) is 4. The number of nitriles is 1. The summed E-state index contributed by atoms with van der Waals surface area (Å²) >= 11 is 0. The van der Waals surface area contributed by atoms with E-state index in [0.717, 1.165) is 11.1 Å². The quantitative estimate of drug-likeness (QED) is 0.172. The molecule has 2 aromatic heterocycles. The largest absolute Gasteiger partial charge is 0.454 e. The third kappa shape index (κ3) is 5.97. The van der Waals surface area contributed by atoms with Crippen LogP contribution in [0, 0.1) is 17.1 Å². The number of aromatic nitrogens is 2. The third-order valence-corrected chi connectivity index (χ3v) is 6.05. The second-order valence-corrected chi connectivity index (χ2v) is 8.73. The molecule has 0 aliphatic rings. The van der Waals surface area contributed by atoms with Gasteiger partial charge in [0, 0.05) is 35.5 Å². The number of ether oxygens (including phenoxy) is 1. The van der Waals surface area contributed by atoms with Crippen molar-refractivity contribution in [1.82, 2.24) is 9.78 Å². The van der Waals surface area contributed by atoms with E-state index in [0.29, 0.717) is 28.3 Å². The zero-order chi connectivity index (χ0) is 27.9. The Morgan fingerprint density at radius 3 is 2.55 bits per heavy atom. The fourth-order valence-corrected chi connectivity index (χ4v) is 4.11. The van der Waals surface area contributed by atoms with Crippen LogP contribution in [-0.4, -0.2) is 34.8 Å². The lowest BCUT2D eigenvalue weighted by atomic mass is 10.2. The normalized spacial score (nSPS) is 11.0. The van der Waals surface area contributed by atoms with E-state index < -0.39 is 24.3 Å². The molecule has 5 aromatic rings. The number of amides is 1. The van der Waals surface area contributed by atoms with Crippen LogP contribution in [0.3, 0.4) is 0 Å². The van der Waals surface area contributed by atoms with Crippen LogP contribution in [0.2, 0.25) is 0 Å². The minimum absolute atomic E-state index is 0.0624. The number of esters is 1. The van der Waals surface area contributed by atoms with E-state index in [1.165, 1.54) is 35.2 Å². The first-order valence-corrected chi connectivity index (χ1v) is 12.4. The maximum Gasteiger partial charge on any atom is 0.331 e. The van der Waals surface area contributed by atoms with Gasteiger partial charge in [-0.15, -0.1) is 0 Å². The predicted octanol–water partition coefficient (Wildman–Crippen LogP) is 5.93. The highest BCUT2D eigenvalue weighted by Crippen LogP contribution is 2.30. The maximum atomic E-state index is 13.3. The van der Waals surface area contributed by atoms with E-state index >= 15 is 0 Å². The Morgan fingerprint density at radius 1 is 1.05 bits per heavy atom. The maximum absolute atomic E-state index is 13.3. The molecule has 0 aliphatic heterocycles. The van der Waals surface area contributed by atoms with Crippen molar-refractivity contribution in [2.45, 2.75) is 6.42 Å². The standard InChI is InChI=1S/C31H23FN4O4/c32-24-12-14-25(15-13-24)35(18-6-17-33)29(37)21-39-30(38)16-11-23-20-36(26-8-2-1-3-9-26)34-31(23)28-19-22-7-4-5-10-27(22)40-28/h1-5,7-16,19-20H,6,18,21H2. The van der Waals surface area contributed by atoms with Gasteiger partial charge in [-0.05, 0) is 54.6 Å². The van der Waals surface area contributed by atoms with Crippen LogP contribution in [0.25, 0.3) is 34.2 Å². The van der Waals surface area contributed by atoms with Gasteiger partial charge in [0.15, 0.2) is 12.4 Å². The molecule has 9 heteroatoms. The van der Waals surface area contributed by atoms with Crippen LogP contribution in [0.15, 0.2) is 102 Å². The smallest absolute Gasteiger partial charge is 0.331 e. The Balaban J connectivity index is 1.34. The fourth-order valence-electron chi connectivity index (χ4n) is 4.11. The van der Waals surface area contributed by atoms with Gasteiger partial charge in [0.25, 0.3) is 5.91 Å². The predicted molar refractivity (Wildman–Crippen MR) is 148 cm³/mol. The van der Waals surface area contributed by atoms with Crippen LogP contribution in [-0.2, 0) is 14.3 Å². The second-order valence-electron chi connectivity index (χ2n) is 8.73. The first kappa shape index (κ1) is 26.1. The van der Waals surface area contributed by atoms with Crippen LogP contribution in [0.5, 0.6) is 0 Å². The van der Waals surface area contributed by atoms with Crippen molar-refractivity contribution in [3.05, 3.63) is 109 Å². The number of para-hydroxylation sites is 2. The number of hydrogen-bond acceptors (Lipinski definition) is 6. The highest BCUT2D eigenvalue weighted by atomic mass is 19.1. The molecule has 40 heavy (non-hydrogen) atoms. The van der Waals surface area contributed by atoms with Crippen LogP contribution in [0.1, 0.15) is 12.0 Å². The number of halogens is 1. The number of fused-ring (bicyclic) bond motifs is 1. The molecule has 0 aliphatic carbocycles. The molecule has 0 atom stereocenters. The Kier molecular flexibility index (Phi) is 7.79. The molecule has 5 rings (SSSR count). The molecular weight excluding hydrogens is 511 g/mol. The molecule has 0 unspecified atom stereocenters. The highest BCUT2D eigenvalue weighted by molar-refractivity contribution is 5.96. The molecule has 2 heterocycles. The number of hydrogen-bond donors (Lipinski definition) is 0. The molecule has 0 spiro atoms. The summed E-state index contributed by atoms with van der Waals surface area (Å²) < 4.78 is 26.2. The van der Waals surface area contributed by atoms with Gasteiger partial charge in [0.1, 0.15) is 17.1 Å². The zero-order valence-electron chi connectivity index (χ0n) is 21.2. The number of furan rings is 1. The lowest BCUT2D eigenvalue weighted by Gasteiger charge is -2.21. The first-order chi connectivity index (χ1) is 19.5. The van der Waals surface area contributed by atoms with Gasteiger partial charge in [0.2, 0.25) is 0 Å². The summed E-state index contributed by atoms with van der Waals surface area (Å²) in [4.78, 5) is 26.6. The van der Waals surface area contributed by atoms with Gasteiger partial charge in [-0.25, -0.2) is 13.9 Å². The summed E-state index contributed by atoms with van der Waals surface area (Å²) in [5.41, 5.74) is 3.07. The van der Waals surface area contributed by atoms with E-state index in [-0.39, 0.29) is 13.0 Å². The van der Waals surface area contributed by atoms with Gasteiger partial charge >= 0.3 is 5.97 Å². The second kappa shape index (κ2) is 11.9. The van der Waals surface area contributed by atoms with Crippen molar-refractivity contribution in [2.75, 3.05) is 18.1 Å². The first-order valence-electron chi connectivity index (χ1n) is 12.4. The average Bonchev–Trinajstić information content (AvgIpc) is 3.61. The van der Waals surface area contributed by atoms with Crippen LogP contribution < -0.4 is 4.90 Å². The van der Waals surface area contributed by atoms with Gasteiger partial charge in [-0.1, -0.05) is 36.4 Å². The molecule has 0 fully saturated rings. The van der Waals surface area contributed by atoms with E-state index in [1.807, 2.05) is 66.7 Å². The minimum atomic E-state index is -0.740. The van der Waals surface area contributed by atoms with Crippen LogP contribution in [0.4, 0.5) is 10.1 Å². The molecule has 1 amide bonds. The molecule has 0 N–H and O–H groups in total. The lowest BCUT2D eigenvalue weighted by Crippen LogP contribution is -2.35. The van der Waals surface area contributed by atoms with E-state index in [2.05, 4.69) is 0 Å². The third-order valence-electron chi connectivity index (χ3n) is 6.05. The van der Waals surface area contributed by atoms with E-state index in [9.17, 15) is 14.0 Å². The molecular formula is C31H23FN4O4. The van der Waals surface area contributed by atoms with Crippen molar-refractivity contribution < 1.29 is 23.1 Å². The summed E-state index contributed by atoms with van der Waals surface area (Å²) in [6.07, 6.45) is 4.59. The minimum Gasteiger partial charge on any atom is -0.454 e. The van der Waals surface area contributed by atoms with Gasteiger partial charge in [-0.3, -0.25) is 4.79 Å². The lowest BCUT2D eigenvalue weighted by molar-refractivity contribution is -0.142. The highest BCUT2D eigenvalue weighted by Gasteiger charge is 2.18. The number of anilines is 1. The monoisotopic (exact) mass is 534 g/mol. The summed E-state index contributed by atoms with van der Waals surface area (Å²) in [7, 11) is 0. The topological polar surface area (TPSA) is 101 Å². The number of rotatable bonds is 9. The molecule has 8 nitrogen and oxygen atoms in total. The Hall–Kier alpha value is -5.49. The van der Waals surface area contributed by atoms with Crippen LogP contribution >= 0.6 is 0 Å². The van der Waals surface area contributed by atoms with Crippen molar-refractivity contribution >= 4 is 34.6 Å². The Morgan fingerprint density at radius 2 is 1.80 bits per heavy atom. The molecule has 0 saturated heterocycles. The van der Waals surface area contributed by atoms with Crippen molar-refractivity contribution in [2.24, 2.45) is 0 Å². The summed E-state index contributed by atoms with van der Waals surface area (Å²) in [5.74, 6) is -1.20. The van der Waals surface area contributed by atoms with E-state index in [1.54, 1.807) is 17.0 Å². The van der Waals surface area contributed by atoms with Gasteiger partial charge < -0.3 is 14.1 Å². The Bertz CT molecular complexity index is 1680. The molecule has 198 valence electrons. The summed E-state index contributed by atoms with van der Waals surface area (Å²) in [6.45, 7) is -0.473. The molecule has 0 saturated carbocycles. The molecule has 0 radical (unpaired) electrons. The van der Waals surface area contributed by atoms with Crippen molar-refractivity contribution in [1.29, 1.82) is 5.26 Å². The summed E-state index contributed by atoms with van der Waals surface area (Å²) in [6, 6.07) is 26.2. The molecule has 3 aromatic carbocycles. The fraction of sp³-hybridized carbons (Fsp3) is 0.0968. The average molecular weight is 535 g/mol. The van der Waals surface area contributed by atoms with E-state index in [4.69, 9.17) is 19.5 Å². The van der Waals surface area contributed by atoms with Gasteiger partial charge in [0.05, 0.1) is 18.2 Å². The molecule has 0 bridgehead atoms. The SMILES string of the molecule is N#CCCN(C(=O)COC(=O)C=Cc1cn(-c2ccccc2)nc1-c1cc2ccccc2o1)c1ccc(F)cc1. The summed E-state index contributed by atoms with van der Waals surface area (Å²) in [5, 5.41) is 14.6. The number of carbonyl (C=O) groups is 2. The number of carbonyl (C=O) groups excluding carboxylic acids is 2. The number of benzene rings is 3. The Labute approximate surface area is 229 Å². The van der Waals surface area contributed by atoms with Crippen molar-refractivity contribution in [3.63, 3.8) is 0 Å². The zero-order valence-corrected chi connectivity index (χ0v) is 21.2. The van der Waals surface area contributed by atoms with Crippen molar-refractivity contribution in [3.8, 4) is 23.2 Å².